The molecule has 6 heteroatoms. The van der Waals surface area contributed by atoms with E-state index in [0.717, 1.165) is 0 Å². The summed E-state index contributed by atoms with van der Waals surface area (Å²) in [6, 6.07) is -0.693. The molecule has 1 saturated heterocycles. The summed E-state index contributed by atoms with van der Waals surface area (Å²) in [6.07, 6.45) is 1.14. The molecule has 1 aliphatic rings. The maximum Gasteiger partial charge on any atom is 0.180 e. The highest BCUT2D eigenvalue weighted by molar-refractivity contribution is 6.30. The molecule has 88 valence electrons. The minimum absolute atomic E-state index is 0.439. The first-order valence-corrected chi connectivity index (χ1v) is 5.16. The second-order valence-corrected chi connectivity index (χ2v) is 4.01. The van der Waals surface area contributed by atoms with Gasteiger partial charge >= 0.3 is 0 Å². The summed E-state index contributed by atoms with van der Waals surface area (Å²) in [7, 11) is 0. The summed E-state index contributed by atoms with van der Waals surface area (Å²) in [6.45, 7) is 0.565. The lowest BCUT2D eigenvalue weighted by Crippen LogP contribution is -2.18. The Morgan fingerprint density at radius 2 is 1.56 bits per heavy atom. The lowest BCUT2D eigenvalue weighted by Gasteiger charge is -2.14. The zero-order valence-electron chi connectivity index (χ0n) is 8.09. The first kappa shape index (κ1) is 11.7. The van der Waals surface area contributed by atoms with Crippen molar-refractivity contribution in [3.63, 3.8) is 0 Å². The second kappa shape index (κ2) is 4.22. The van der Waals surface area contributed by atoms with E-state index in [9.17, 15) is 17.6 Å². The number of benzene rings is 1. The second-order valence-electron chi connectivity index (χ2n) is 3.63. The molecular weight excluding hydrogens is 246 g/mol. The summed E-state index contributed by atoms with van der Waals surface area (Å²) in [5.41, 5.74) is -0.600. The lowest BCUT2D eigenvalue weighted by molar-refractivity contribution is 0.420. The van der Waals surface area contributed by atoms with Crippen LogP contribution >= 0.6 is 11.6 Å². The zero-order valence-corrected chi connectivity index (χ0v) is 8.84. The van der Waals surface area contributed by atoms with Crippen molar-refractivity contribution in [3.8, 4) is 0 Å². The van der Waals surface area contributed by atoms with E-state index in [1.54, 1.807) is 0 Å². The van der Waals surface area contributed by atoms with Crippen molar-refractivity contribution >= 4 is 11.6 Å². The van der Waals surface area contributed by atoms with Crippen LogP contribution in [-0.2, 0) is 0 Å². The third-order valence-electron chi connectivity index (χ3n) is 2.65. The average molecular weight is 254 g/mol. The monoisotopic (exact) mass is 253 g/mol. The van der Waals surface area contributed by atoms with Crippen LogP contribution in [0, 0.1) is 23.3 Å². The van der Waals surface area contributed by atoms with Crippen molar-refractivity contribution in [2.75, 3.05) is 6.54 Å². The van der Waals surface area contributed by atoms with Gasteiger partial charge < -0.3 is 5.32 Å². The summed E-state index contributed by atoms with van der Waals surface area (Å²) in [5.74, 6) is -5.90. The van der Waals surface area contributed by atoms with Crippen LogP contribution in [0.5, 0.6) is 0 Å². The van der Waals surface area contributed by atoms with Crippen LogP contribution in [0.4, 0.5) is 17.6 Å². The van der Waals surface area contributed by atoms with Gasteiger partial charge in [0.1, 0.15) is 5.02 Å². The smallest absolute Gasteiger partial charge is 0.180 e. The van der Waals surface area contributed by atoms with Gasteiger partial charge in [0.15, 0.2) is 23.3 Å². The van der Waals surface area contributed by atoms with Gasteiger partial charge in [0, 0.05) is 11.6 Å². The minimum Gasteiger partial charge on any atom is -0.310 e. The van der Waals surface area contributed by atoms with Gasteiger partial charge in [0.25, 0.3) is 0 Å². The Hall–Kier alpha value is -0.810. The highest BCUT2D eigenvalue weighted by atomic mass is 35.5. The minimum atomic E-state index is -1.54. The highest BCUT2D eigenvalue weighted by Crippen LogP contribution is 2.34. The normalized spacial score (nSPS) is 20.4. The molecular formula is C10H8ClF4N. The van der Waals surface area contributed by atoms with Gasteiger partial charge in [-0.25, -0.2) is 17.6 Å². The van der Waals surface area contributed by atoms with E-state index in [1.165, 1.54) is 0 Å². The topological polar surface area (TPSA) is 12.0 Å². The van der Waals surface area contributed by atoms with Crippen LogP contribution < -0.4 is 5.32 Å². The Bertz CT molecular complexity index is 400. The average Bonchev–Trinajstić information content (AvgIpc) is 2.77. The number of hydrogen-bond donors (Lipinski definition) is 1. The molecule has 1 heterocycles. The van der Waals surface area contributed by atoms with E-state index in [-0.39, 0.29) is 0 Å². The first-order chi connectivity index (χ1) is 7.54. The predicted molar refractivity (Wildman–Crippen MR) is 51.3 cm³/mol. The van der Waals surface area contributed by atoms with Gasteiger partial charge in [0.2, 0.25) is 0 Å². The van der Waals surface area contributed by atoms with Crippen LogP contribution in [0.2, 0.25) is 5.02 Å². The summed E-state index contributed by atoms with van der Waals surface area (Å²) in [5, 5.41) is 1.63. The molecule has 1 atom stereocenters. The Morgan fingerprint density at radius 3 is 2.00 bits per heavy atom. The van der Waals surface area contributed by atoms with Crippen LogP contribution in [-0.4, -0.2) is 6.54 Å². The molecule has 0 radical (unpaired) electrons. The van der Waals surface area contributed by atoms with E-state index in [0.29, 0.717) is 19.4 Å². The fourth-order valence-electron chi connectivity index (χ4n) is 1.86. The Labute approximate surface area is 94.4 Å². The fraction of sp³-hybridized carbons (Fsp3) is 0.400. The van der Waals surface area contributed by atoms with Gasteiger partial charge in [-0.15, -0.1) is 0 Å². The molecule has 0 spiro atoms. The third-order valence-corrected chi connectivity index (χ3v) is 2.98. The molecule has 0 saturated carbocycles. The van der Waals surface area contributed by atoms with Gasteiger partial charge in [-0.1, -0.05) is 11.6 Å². The maximum absolute atomic E-state index is 13.4. The molecule has 1 nitrogen and oxygen atoms in total. The molecule has 0 amide bonds. The van der Waals surface area contributed by atoms with E-state index in [2.05, 4.69) is 5.32 Å². The summed E-state index contributed by atoms with van der Waals surface area (Å²) >= 11 is 5.12. The van der Waals surface area contributed by atoms with Crippen LogP contribution in [0.15, 0.2) is 0 Å². The number of hydrogen-bond acceptors (Lipinski definition) is 1. The van der Waals surface area contributed by atoms with E-state index in [4.69, 9.17) is 11.6 Å². The summed E-state index contributed by atoms with van der Waals surface area (Å²) < 4.78 is 53.2. The Kier molecular flexibility index (Phi) is 3.08. The lowest BCUT2D eigenvalue weighted by atomic mass is 10.0. The highest BCUT2D eigenvalue weighted by Gasteiger charge is 2.30. The third kappa shape index (κ3) is 1.68. The van der Waals surface area contributed by atoms with Crippen molar-refractivity contribution in [1.82, 2.24) is 5.32 Å². The molecule has 0 unspecified atom stereocenters. The van der Waals surface area contributed by atoms with E-state index >= 15 is 0 Å². The van der Waals surface area contributed by atoms with Gasteiger partial charge in [0.05, 0.1) is 0 Å². The maximum atomic E-state index is 13.4. The quantitative estimate of drug-likeness (QED) is 0.460. The Balaban J connectivity index is 2.59. The molecule has 1 fully saturated rings. The Morgan fingerprint density at radius 1 is 1.00 bits per heavy atom. The fourth-order valence-corrected chi connectivity index (χ4v) is 2.02. The van der Waals surface area contributed by atoms with Crippen LogP contribution in [0.3, 0.4) is 0 Å². The van der Waals surface area contributed by atoms with E-state index in [1.807, 2.05) is 0 Å². The van der Waals surface area contributed by atoms with Gasteiger partial charge in [-0.05, 0) is 19.4 Å². The zero-order chi connectivity index (χ0) is 11.9. The molecule has 1 N–H and O–H groups in total. The standard InChI is InChI=1S/C10H8ClF4N/c11-6-9(14)7(12)5(8(13)10(6)15)4-2-1-3-16-4/h4,16H,1-3H2/t4-/m0/s1. The summed E-state index contributed by atoms with van der Waals surface area (Å²) in [4.78, 5) is 0. The van der Waals surface area contributed by atoms with Crippen molar-refractivity contribution in [1.29, 1.82) is 0 Å². The number of nitrogens with one attached hydrogen (secondary N) is 1. The predicted octanol–water partition coefficient (Wildman–Crippen LogP) is 3.32. The largest absolute Gasteiger partial charge is 0.310 e. The molecule has 0 bridgehead atoms. The molecule has 0 aromatic heterocycles. The van der Waals surface area contributed by atoms with Crippen molar-refractivity contribution in [2.45, 2.75) is 18.9 Å². The molecule has 1 aromatic rings. The van der Waals surface area contributed by atoms with Crippen molar-refractivity contribution < 1.29 is 17.6 Å². The molecule has 0 aliphatic carbocycles. The van der Waals surface area contributed by atoms with Crippen molar-refractivity contribution in [3.05, 3.63) is 33.9 Å². The van der Waals surface area contributed by atoms with E-state index < -0.39 is 39.9 Å². The molecule has 2 rings (SSSR count). The van der Waals surface area contributed by atoms with Crippen LogP contribution in [0.25, 0.3) is 0 Å². The molecule has 1 aromatic carbocycles. The SMILES string of the molecule is Fc1c(F)c([C@@H]2CCCN2)c(F)c(F)c1Cl. The van der Waals surface area contributed by atoms with Crippen molar-refractivity contribution in [2.24, 2.45) is 0 Å². The number of rotatable bonds is 1. The molecule has 16 heavy (non-hydrogen) atoms. The van der Waals surface area contributed by atoms with Crippen LogP contribution in [0.1, 0.15) is 24.4 Å². The molecule has 1 aliphatic heterocycles. The first-order valence-electron chi connectivity index (χ1n) is 4.78. The number of halogens is 5. The van der Waals surface area contributed by atoms with Gasteiger partial charge in [-0.3, -0.25) is 0 Å². The van der Waals surface area contributed by atoms with Gasteiger partial charge in [-0.2, -0.15) is 0 Å².